The number of aryl methyl sites for hydroxylation is 1. The quantitative estimate of drug-likeness (QED) is 0.645. The molecule has 3 rings (SSSR count). The van der Waals surface area contributed by atoms with Gasteiger partial charge >= 0.3 is 0 Å². The molecule has 3 N–H and O–H groups in total. The number of imidazole rings is 1. The molecule has 0 amide bonds. The number of H-pyrrole nitrogens is 1. The van der Waals surface area contributed by atoms with E-state index in [4.69, 9.17) is 5.73 Å². The fraction of sp³-hybridized carbons (Fsp3) is 0.500. The van der Waals surface area contributed by atoms with Crippen LogP contribution >= 0.6 is 0 Å². The second-order valence-corrected chi connectivity index (χ2v) is 4.61. The van der Waals surface area contributed by atoms with E-state index in [1.165, 1.54) is 12.8 Å². The zero-order chi connectivity index (χ0) is 13.1. The van der Waals surface area contributed by atoms with Gasteiger partial charge in [0.05, 0.1) is 6.33 Å². The van der Waals surface area contributed by atoms with Crippen LogP contribution < -0.4 is 5.73 Å². The van der Waals surface area contributed by atoms with Crippen LogP contribution in [0.3, 0.4) is 0 Å². The highest BCUT2D eigenvalue weighted by molar-refractivity contribution is 5.84. The Hall–Kier alpha value is -2.02. The van der Waals surface area contributed by atoms with Gasteiger partial charge in [0.2, 0.25) is 0 Å². The summed E-state index contributed by atoms with van der Waals surface area (Å²) in [5.41, 5.74) is 7.78. The summed E-state index contributed by atoms with van der Waals surface area (Å²) in [7, 11) is 0. The van der Waals surface area contributed by atoms with Crippen molar-refractivity contribution in [3.63, 3.8) is 0 Å². The number of hydrogen-bond acceptors (Lipinski definition) is 5. The second-order valence-electron chi connectivity index (χ2n) is 4.61. The van der Waals surface area contributed by atoms with Crippen LogP contribution in [0, 0.1) is 0 Å². The molecule has 0 aliphatic heterocycles. The van der Waals surface area contributed by atoms with Crippen LogP contribution in [0.2, 0.25) is 0 Å². The standard InChI is InChI=1S/C12H17N7/c13-6-4-2-1-3-5-9-17-18-12-10-11(15-7-14-10)16-8-19(9)12/h7-8H,1-6,13H2,(H,14,15). The number of aromatic amines is 1. The number of aromatic nitrogens is 6. The number of fused-ring (bicyclic) bond motifs is 3. The lowest BCUT2D eigenvalue weighted by molar-refractivity contribution is 0.632. The molecule has 100 valence electrons. The maximum atomic E-state index is 5.48. The first-order chi connectivity index (χ1) is 9.40. The largest absolute Gasteiger partial charge is 0.340 e. The van der Waals surface area contributed by atoms with Gasteiger partial charge < -0.3 is 10.7 Å². The van der Waals surface area contributed by atoms with Crippen molar-refractivity contribution in [2.75, 3.05) is 6.54 Å². The lowest BCUT2D eigenvalue weighted by atomic mass is 10.1. The van der Waals surface area contributed by atoms with E-state index in [2.05, 4.69) is 25.1 Å². The number of nitrogens with two attached hydrogens (primary N) is 1. The molecule has 0 bridgehead atoms. The van der Waals surface area contributed by atoms with Gasteiger partial charge in [0.1, 0.15) is 17.7 Å². The Balaban J connectivity index is 1.77. The number of hydrogen-bond donors (Lipinski definition) is 2. The molecule has 0 spiro atoms. The molecule has 0 aliphatic rings. The van der Waals surface area contributed by atoms with Crippen molar-refractivity contribution >= 4 is 16.8 Å². The summed E-state index contributed by atoms with van der Waals surface area (Å²) >= 11 is 0. The molecule has 0 unspecified atom stereocenters. The Morgan fingerprint density at radius 3 is 2.89 bits per heavy atom. The third-order valence-electron chi connectivity index (χ3n) is 3.26. The second kappa shape index (κ2) is 5.31. The molecular weight excluding hydrogens is 242 g/mol. The van der Waals surface area contributed by atoms with Gasteiger partial charge in [-0.3, -0.25) is 4.40 Å². The van der Waals surface area contributed by atoms with Gasteiger partial charge in [-0.15, -0.1) is 10.2 Å². The van der Waals surface area contributed by atoms with Crippen LogP contribution in [0.1, 0.15) is 31.5 Å². The van der Waals surface area contributed by atoms with Crippen molar-refractivity contribution in [3.05, 3.63) is 18.5 Å². The minimum atomic E-state index is 0.675. The normalized spacial score (nSPS) is 11.6. The molecule has 0 radical (unpaired) electrons. The molecule has 7 heteroatoms. The molecule has 3 aromatic heterocycles. The number of nitrogens with one attached hydrogen (secondary N) is 1. The van der Waals surface area contributed by atoms with Gasteiger partial charge in [0.25, 0.3) is 0 Å². The summed E-state index contributed by atoms with van der Waals surface area (Å²) in [4.78, 5) is 11.4. The molecular formula is C12H17N7. The lowest BCUT2D eigenvalue weighted by Crippen LogP contribution is -1.99. The van der Waals surface area contributed by atoms with Crippen molar-refractivity contribution in [1.29, 1.82) is 0 Å². The van der Waals surface area contributed by atoms with Crippen molar-refractivity contribution in [2.45, 2.75) is 32.1 Å². The van der Waals surface area contributed by atoms with Gasteiger partial charge in [0.15, 0.2) is 11.3 Å². The highest BCUT2D eigenvalue weighted by Gasteiger charge is 2.10. The van der Waals surface area contributed by atoms with Crippen LogP contribution in [0.5, 0.6) is 0 Å². The number of nitrogens with zero attached hydrogens (tertiary/aromatic N) is 5. The predicted molar refractivity (Wildman–Crippen MR) is 71.7 cm³/mol. The van der Waals surface area contributed by atoms with Crippen LogP contribution in [0.25, 0.3) is 16.8 Å². The smallest absolute Gasteiger partial charge is 0.189 e. The van der Waals surface area contributed by atoms with E-state index in [1.807, 2.05) is 4.40 Å². The van der Waals surface area contributed by atoms with Crippen LogP contribution in [0.4, 0.5) is 0 Å². The van der Waals surface area contributed by atoms with E-state index in [0.717, 1.165) is 42.8 Å². The molecule has 19 heavy (non-hydrogen) atoms. The Morgan fingerprint density at radius 1 is 1.11 bits per heavy atom. The summed E-state index contributed by atoms with van der Waals surface area (Å²) in [5.74, 6) is 0.951. The maximum absolute atomic E-state index is 5.48. The van der Waals surface area contributed by atoms with Gasteiger partial charge in [-0.25, -0.2) is 9.97 Å². The Labute approximate surface area is 110 Å². The van der Waals surface area contributed by atoms with Crippen LogP contribution in [0.15, 0.2) is 12.7 Å². The van der Waals surface area contributed by atoms with E-state index in [-0.39, 0.29) is 0 Å². The molecule has 3 heterocycles. The molecule has 3 aromatic rings. The van der Waals surface area contributed by atoms with E-state index in [0.29, 0.717) is 5.65 Å². The highest BCUT2D eigenvalue weighted by Crippen LogP contribution is 2.14. The average molecular weight is 259 g/mol. The molecule has 7 nitrogen and oxygen atoms in total. The molecule has 0 saturated carbocycles. The summed E-state index contributed by atoms with van der Waals surface area (Å²) < 4.78 is 1.93. The Morgan fingerprint density at radius 2 is 2.00 bits per heavy atom. The predicted octanol–water partition coefficient (Wildman–Crippen LogP) is 1.06. The molecule has 0 atom stereocenters. The van der Waals surface area contributed by atoms with Gasteiger partial charge in [-0.1, -0.05) is 12.8 Å². The van der Waals surface area contributed by atoms with Crippen LogP contribution in [-0.2, 0) is 6.42 Å². The fourth-order valence-corrected chi connectivity index (χ4v) is 2.23. The van der Waals surface area contributed by atoms with Crippen molar-refractivity contribution < 1.29 is 0 Å². The van der Waals surface area contributed by atoms with Crippen molar-refractivity contribution in [3.8, 4) is 0 Å². The van der Waals surface area contributed by atoms with E-state index >= 15 is 0 Å². The zero-order valence-corrected chi connectivity index (χ0v) is 10.7. The Kier molecular flexibility index (Phi) is 3.37. The van der Waals surface area contributed by atoms with E-state index in [9.17, 15) is 0 Å². The molecule has 0 aromatic carbocycles. The van der Waals surface area contributed by atoms with Gasteiger partial charge in [0, 0.05) is 6.42 Å². The van der Waals surface area contributed by atoms with Gasteiger partial charge in [-0.2, -0.15) is 0 Å². The molecule has 0 saturated heterocycles. The SMILES string of the molecule is NCCCCCCc1nnc2c3[nH]cnc3ncn12. The minimum absolute atomic E-state index is 0.675. The number of unbranched alkanes of at least 4 members (excludes halogenated alkanes) is 3. The monoisotopic (exact) mass is 259 g/mol. The molecule has 0 aliphatic carbocycles. The summed E-state index contributed by atoms with van der Waals surface area (Å²) in [6.07, 6.45) is 8.82. The maximum Gasteiger partial charge on any atom is 0.189 e. The summed E-state index contributed by atoms with van der Waals surface area (Å²) in [6, 6.07) is 0. The highest BCUT2D eigenvalue weighted by atomic mass is 15.3. The summed E-state index contributed by atoms with van der Waals surface area (Å²) in [5, 5.41) is 8.46. The first-order valence-corrected chi connectivity index (χ1v) is 6.62. The number of rotatable bonds is 6. The minimum Gasteiger partial charge on any atom is -0.340 e. The van der Waals surface area contributed by atoms with Crippen LogP contribution in [-0.4, -0.2) is 36.1 Å². The first-order valence-electron chi connectivity index (χ1n) is 6.62. The van der Waals surface area contributed by atoms with Crippen molar-refractivity contribution in [1.82, 2.24) is 29.5 Å². The average Bonchev–Trinajstić information content (AvgIpc) is 3.03. The topological polar surface area (TPSA) is 97.8 Å². The lowest BCUT2D eigenvalue weighted by Gasteiger charge is -2.00. The van der Waals surface area contributed by atoms with E-state index in [1.54, 1.807) is 12.7 Å². The molecule has 0 fully saturated rings. The zero-order valence-electron chi connectivity index (χ0n) is 10.7. The summed E-state index contributed by atoms with van der Waals surface area (Å²) in [6.45, 7) is 0.773. The fourth-order valence-electron chi connectivity index (χ4n) is 2.23. The van der Waals surface area contributed by atoms with Crippen molar-refractivity contribution in [2.24, 2.45) is 5.73 Å². The Bertz CT molecular complexity index is 669. The first kappa shape index (κ1) is 12.0. The third kappa shape index (κ3) is 2.28. The van der Waals surface area contributed by atoms with E-state index < -0.39 is 0 Å². The third-order valence-corrected chi connectivity index (χ3v) is 3.26. The van der Waals surface area contributed by atoms with Gasteiger partial charge in [-0.05, 0) is 19.4 Å².